The maximum Gasteiger partial charge on any atom is 0.0443 e. The molecule has 22 heavy (non-hydrogen) atoms. The summed E-state index contributed by atoms with van der Waals surface area (Å²) in [7, 11) is 0. The third-order valence-corrected chi connectivity index (χ3v) is 4.57. The van der Waals surface area contributed by atoms with Gasteiger partial charge >= 0.3 is 0 Å². The molecule has 0 saturated carbocycles. The average molecular weight is 294 g/mol. The zero-order valence-corrected chi connectivity index (χ0v) is 14.3. The molecule has 0 bridgehead atoms. The van der Waals surface area contributed by atoms with Crippen molar-refractivity contribution in [1.29, 1.82) is 0 Å². The van der Waals surface area contributed by atoms with Crippen molar-refractivity contribution in [2.24, 2.45) is 11.8 Å². The van der Waals surface area contributed by atoms with E-state index >= 15 is 0 Å². The average Bonchev–Trinajstić information content (AvgIpc) is 2.55. The van der Waals surface area contributed by atoms with Crippen LogP contribution in [0, 0.1) is 17.8 Å². The van der Waals surface area contributed by atoms with Crippen molar-refractivity contribution in [3.05, 3.63) is 71.9 Å². The van der Waals surface area contributed by atoms with Crippen LogP contribution < -0.4 is 0 Å². The van der Waals surface area contributed by atoms with E-state index in [2.05, 4.69) is 75.1 Å². The van der Waals surface area contributed by atoms with Gasteiger partial charge in [-0.15, -0.1) is 0 Å². The highest BCUT2D eigenvalue weighted by molar-refractivity contribution is 5.27. The zero-order valence-electron chi connectivity index (χ0n) is 14.3. The summed E-state index contributed by atoms with van der Waals surface area (Å²) in [6, 6.07) is 17.1. The van der Waals surface area contributed by atoms with E-state index in [-0.39, 0.29) is 0 Å². The van der Waals surface area contributed by atoms with Crippen LogP contribution in [0.1, 0.15) is 51.3 Å². The van der Waals surface area contributed by atoms with Gasteiger partial charge in [0.15, 0.2) is 0 Å². The summed E-state index contributed by atoms with van der Waals surface area (Å²) in [5.74, 6) is 3.20. The van der Waals surface area contributed by atoms with Crippen molar-refractivity contribution in [1.82, 2.24) is 4.98 Å². The van der Waals surface area contributed by atoms with E-state index in [0.717, 1.165) is 6.42 Å². The topological polar surface area (TPSA) is 12.9 Å². The number of hydrogen-bond donors (Lipinski definition) is 0. The smallest absolute Gasteiger partial charge is 0.0443 e. The van der Waals surface area contributed by atoms with Crippen molar-refractivity contribution in [3.8, 4) is 0 Å². The van der Waals surface area contributed by atoms with Crippen LogP contribution in [0.2, 0.25) is 0 Å². The highest BCUT2D eigenvalue weighted by Gasteiger charge is 2.31. The molecule has 0 amide bonds. The van der Waals surface area contributed by atoms with Crippen molar-refractivity contribution >= 4 is 0 Å². The van der Waals surface area contributed by atoms with E-state index in [1.165, 1.54) is 17.7 Å². The number of hydrogen-bond acceptors (Lipinski definition) is 1. The highest BCUT2D eigenvalue weighted by atomic mass is 14.7. The van der Waals surface area contributed by atoms with E-state index < -0.39 is 0 Å². The van der Waals surface area contributed by atoms with Crippen molar-refractivity contribution in [2.75, 3.05) is 0 Å². The zero-order chi connectivity index (χ0) is 15.9. The van der Waals surface area contributed by atoms with E-state index in [9.17, 15) is 0 Å². The summed E-state index contributed by atoms with van der Waals surface area (Å²) < 4.78 is 0. The maximum absolute atomic E-state index is 4.66. The Balaban J connectivity index is 2.33. The molecule has 1 aromatic carbocycles. The fourth-order valence-corrected chi connectivity index (χ4v) is 3.20. The summed E-state index contributed by atoms with van der Waals surface area (Å²) in [5.41, 5.74) is 2.61. The fourth-order valence-electron chi connectivity index (χ4n) is 3.20. The van der Waals surface area contributed by atoms with Crippen LogP contribution >= 0.6 is 0 Å². The van der Waals surface area contributed by atoms with Gasteiger partial charge in [-0.25, -0.2) is 0 Å². The lowest BCUT2D eigenvalue weighted by molar-refractivity contribution is 0.403. The molecule has 1 radical (unpaired) electrons. The number of rotatable bonds is 7. The van der Waals surface area contributed by atoms with Crippen LogP contribution in [0.4, 0.5) is 0 Å². The van der Waals surface area contributed by atoms with Gasteiger partial charge in [0.25, 0.3) is 0 Å². The van der Waals surface area contributed by atoms with Gasteiger partial charge in [0.05, 0.1) is 0 Å². The quantitative estimate of drug-likeness (QED) is 0.639. The van der Waals surface area contributed by atoms with E-state index in [1.807, 2.05) is 12.3 Å². The molecule has 2 atom stereocenters. The lowest BCUT2D eigenvalue weighted by Crippen LogP contribution is -2.25. The number of benzene rings is 1. The Hall–Kier alpha value is -1.63. The van der Waals surface area contributed by atoms with Crippen LogP contribution in [0.3, 0.4) is 0 Å². The van der Waals surface area contributed by atoms with Gasteiger partial charge in [-0.1, -0.05) is 70.5 Å². The Kier molecular flexibility index (Phi) is 6.18. The largest absolute Gasteiger partial charge is 0.261 e. The first kappa shape index (κ1) is 16.7. The fraction of sp³-hybridized carbons (Fsp3) is 0.429. The maximum atomic E-state index is 4.66. The van der Waals surface area contributed by atoms with Crippen LogP contribution in [-0.2, 0) is 6.42 Å². The van der Waals surface area contributed by atoms with Crippen LogP contribution in [0.5, 0.6) is 0 Å². The molecule has 1 aromatic heterocycles. The van der Waals surface area contributed by atoms with Crippen molar-refractivity contribution in [3.63, 3.8) is 0 Å². The Labute approximate surface area is 135 Å². The van der Waals surface area contributed by atoms with Crippen LogP contribution in [0.25, 0.3) is 0 Å². The second kappa shape index (κ2) is 8.12. The Morgan fingerprint density at radius 3 is 2.18 bits per heavy atom. The van der Waals surface area contributed by atoms with Gasteiger partial charge in [0.2, 0.25) is 0 Å². The number of aromatic nitrogens is 1. The molecule has 1 nitrogen and oxygen atoms in total. The molecule has 0 aliphatic rings. The summed E-state index contributed by atoms with van der Waals surface area (Å²) in [5, 5.41) is 0. The third kappa shape index (κ3) is 4.19. The standard InChI is InChI=1S/C21H28N/c1-5-17(4)19(15-18-11-7-6-8-12-18)21(16(2)3)20-13-9-10-14-22-20/h6-14,16-17,21H,5,15H2,1-4H3. The number of pyridine rings is 1. The molecule has 0 saturated heterocycles. The minimum absolute atomic E-state index is 0.427. The minimum atomic E-state index is 0.427. The van der Waals surface area contributed by atoms with Crippen LogP contribution in [0.15, 0.2) is 54.7 Å². The second-order valence-corrected chi connectivity index (χ2v) is 6.52. The summed E-state index contributed by atoms with van der Waals surface area (Å²) in [4.78, 5) is 4.66. The molecule has 2 aromatic rings. The monoisotopic (exact) mass is 294 g/mol. The molecule has 0 fully saturated rings. The summed E-state index contributed by atoms with van der Waals surface area (Å²) >= 11 is 0. The minimum Gasteiger partial charge on any atom is -0.261 e. The van der Waals surface area contributed by atoms with Gasteiger partial charge in [-0.2, -0.15) is 0 Å². The lowest BCUT2D eigenvalue weighted by Gasteiger charge is -2.33. The predicted octanol–water partition coefficient (Wildman–Crippen LogP) is 5.68. The molecule has 2 unspecified atom stereocenters. The van der Waals surface area contributed by atoms with E-state index in [4.69, 9.17) is 0 Å². The third-order valence-electron chi connectivity index (χ3n) is 4.57. The molecule has 2 rings (SSSR count). The first-order valence-corrected chi connectivity index (χ1v) is 8.44. The molecule has 1 heteroatoms. The SMILES string of the molecule is CCC(C)[C](Cc1ccccc1)C(c1ccccn1)C(C)C. The van der Waals surface area contributed by atoms with Gasteiger partial charge in [-0.05, 0) is 41.9 Å². The summed E-state index contributed by atoms with van der Waals surface area (Å²) in [6.07, 6.45) is 4.15. The predicted molar refractivity (Wildman–Crippen MR) is 94.7 cm³/mol. The van der Waals surface area contributed by atoms with E-state index in [1.54, 1.807) is 5.92 Å². The lowest BCUT2D eigenvalue weighted by atomic mass is 9.71. The van der Waals surface area contributed by atoms with Gasteiger partial charge < -0.3 is 0 Å². The molecule has 0 aliphatic carbocycles. The Morgan fingerprint density at radius 1 is 0.955 bits per heavy atom. The summed E-state index contributed by atoms with van der Waals surface area (Å²) in [6.45, 7) is 9.27. The number of nitrogens with zero attached hydrogens (tertiary/aromatic N) is 1. The van der Waals surface area contributed by atoms with Crippen LogP contribution in [-0.4, -0.2) is 4.98 Å². The molecular formula is C21H28N. The Bertz CT molecular complexity index is 532. The molecule has 0 aliphatic heterocycles. The van der Waals surface area contributed by atoms with Crippen molar-refractivity contribution < 1.29 is 0 Å². The van der Waals surface area contributed by atoms with Gasteiger partial charge in [0.1, 0.15) is 0 Å². The first-order chi connectivity index (χ1) is 10.6. The van der Waals surface area contributed by atoms with E-state index in [0.29, 0.717) is 17.8 Å². The Morgan fingerprint density at radius 2 is 1.64 bits per heavy atom. The molecule has 0 spiro atoms. The normalized spacial score (nSPS) is 14.3. The molecule has 1 heterocycles. The highest BCUT2D eigenvalue weighted by Crippen LogP contribution is 2.40. The molecular weight excluding hydrogens is 266 g/mol. The second-order valence-electron chi connectivity index (χ2n) is 6.52. The molecule has 117 valence electrons. The first-order valence-electron chi connectivity index (χ1n) is 8.44. The van der Waals surface area contributed by atoms with Gasteiger partial charge in [0, 0.05) is 17.8 Å². The van der Waals surface area contributed by atoms with Crippen molar-refractivity contribution in [2.45, 2.75) is 46.5 Å². The molecule has 0 N–H and O–H groups in total. The van der Waals surface area contributed by atoms with Gasteiger partial charge in [-0.3, -0.25) is 4.98 Å².